The molecule has 3 amide bonds. The molecule has 3 atom stereocenters. The third-order valence-corrected chi connectivity index (χ3v) is 7.40. The van der Waals surface area contributed by atoms with Crippen molar-refractivity contribution >= 4 is 35.6 Å². The highest BCUT2D eigenvalue weighted by atomic mass is 32.2. The number of ether oxygens (including phenoxy) is 1. The van der Waals surface area contributed by atoms with E-state index >= 15 is 0 Å². The Kier molecular flexibility index (Phi) is 8.59. The third-order valence-electron chi connectivity index (χ3n) is 6.75. The average Bonchev–Trinajstić information content (AvgIpc) is 3.21. The Balaban J connectivity index is 1.91. The van der Waals surface area contributed by atoms with E-state index in [1.54, 1.807) is 27.7 Å². The summed E-state index contributed by atoms with van der Waals surface area (Å²) in [6.45, 7) is 7.63. The molecule has 198 valence electrons. The number of likely N-dealkylation sites (tertiary alicyclic amines) is 1. The summed E-state index contributed by atoms with van der Waals surface area (Å²) in [5, 5.41) is 12.3. The van der Waals surface area contributed by atoms with Gasteiger partial charge in [0.1, 0.15) is 23.2 Å². The molecule has 2 N–H and O–H groups in total. The number of nitrogens with zero attached hydrogens (tertiary/aromatic N) is 2. The van der Waals surface area contributed by atoms with Crippen molar-refractivity contribution in [3.63, 3.8) is 0 Å². The van der Waals surface area contributed by atoms with E-state index in [2.05, 4.69) is 5.32 Å². The van der Waals surface area contributed by atoms with Crippen LogP contribution >= 0.6 is 11.8 Å². The predicted octanol–water partition coefficient (Wildman–Crippen LogP) is 3.05. The van der Waals surface area contributed by atoms with E-state index in [1.807, 2.05) is 30.5 Å². The number of carbonyl (C=O) groups excluding carboxylic acids is 3. The van der Waals surface area contributed by atoms with Crippen LogP contribution in [0.5, 0.6) is 0 Å². The summed E-state index contributed by atoms with van der Waals surface area (Å²) in [4.78, 5) is 55.3. The van der Waals surface area contributed by atoms with E-state index in [-0.39, 0.29) is 25.3 Å². The van der Waals surface area contributed by atoms with Crippen LogP contribution in [0.25, 0.3) is 0 Å². The number of carbonyl (C=O) groups is 4. The molecule has 0 aliphatic carbocycles. The van der Waals surface area contributed by atoms with Crippen molar-refractivity contribution in [2.24, 2.45) is 0 Å². The molecule has 1 aromatic rings. The second-order valence-corrected chi connectivity index (χ2v) is 11.6. The van der Waals surface area contributed by atoms with E-state index < -0.39 is 41.2 Å². The summed E-state index contributed by atoms with van der Waals surface area (Å²) in [6.07, 6.45) is 2.95. The molecular formula is C26H37N3O6S. The van der Waals surface area contributed by atoms with Crippen LogP contribution in [0.1, 0.15) is 58.1 Å². The largest absolute Gasteiger partial charge is 0.480 e. The van der Waals surface area contributed by atoms with Gasteiger partial charge in [-0.2, -0.15) is 11.8 Å². The van der Waals surface area contributed by atoms with E-state index in [0.717, 1.165) is 11.1 Å². The van der Waals surface area contributed by atoms with Crippen molar-refractivity contribution in [1.82, 2.24) is 15.1 Å². The molecule has 3 rings (SSSR count). The fourth-order valence-corrected chi connectivity index (χ4v) is 5.31. The predicted molar refractivity (Wildman–Crippen MR) is 138 cm³/mol. The molecule has 1 aromatic carbocycles. The second-order valence-electron chi connectivity index (χ2n) is 10.6. The number of hydrogen-bond acceptors (Lipinski definition) is 6. The zero-order valence-corrected chi connectivity index (χ0v) is 22.5. The van der Waals surface area contributed by atoms with Gasteiger partial charge in [-0.3, -0.25) is 14.5 Å². The van der Waals surface area contributed by atoms with Crippen LogP contribution in [0.2, 0.25) is 0 Å². The van der Waals surface area contributed by atoms with Crippen LogP contribution in [0.3, 0.4) is 0 Å². The first-order valence-electron chi connectivity index (χ1n) is 12.3. The number of benzene rings is 1. The minimum atomic E-state index is -1.17. The molecule has 0 radical (unpaired) electrons. The Morgan fingerprint density at radius 2 is 1.89 bits per heavy atom. The first kappa shape index (κ1) is 27.8. The number of thioether (sulfide) groups is 1. The number of aliphatic carboxylic acids is 1. The zero-order valence-electron chi connectivity index (χ0n) is 21.7. The van der Waals surface area contributed by atoms with E-state index in [4.69, 9.17) is 4.74 Å². The Morgan fingerprint density at radius 1 is 1.22 bits per heavy atom. The van der Waals surface area contributed by atoms with Crippen LogP contribution in [-0.4, -0.2) is 80.6 Å². The molecule has 2 aliphatic rings. The Bertz CT molecular complexity index is 1010. The molecule has 0 aromatic heterocycles. The van der Waals surface area contributed by atoms with Gasteiger partial charge in [-0.05, 0) is 70.1 Å². The number of nitrogens with one attached hydrogen (secondary N) is 1. The van der Waals surface area contributed by atoms with Gasteiger partial charge >= 0.3 is 12.1 Å². The number of hydrogen-bond donors (Lipinski definition) is 2. The molecule has 2 aliphatic heterocycles. The molecule has 1 saturated heterocycles. The van der Waals surface area contributed by atoms with Crippen LogP contribution in [0, 0.1) is 0 Å². The van der Waals surface area contributed by atoms with Crippen LogP contribution in [0.4, 0.5) is 4.79 Å². The first-order valence-corrected chi connectivity index (χ1v) is 13.7. The van der Waals surface area contributed by atoms with Crippen molar-refractivity contribution in [3.8, 4) is 0 Å². The van der Waals surface area contributed by atoms with Gasteiger partial charge < -0.3 is 20.1 Å². The average molecular weight is 520 g/mol. The van der Waals surface area contributed by atoms with Gasteiger partial charge in [-0.1, -0.05) is 24.3 Å². The van der Waals surface area contributed by atoms with Gasteiger partial charge in [0.15, 0.2) is 0 Å². The molecular weight excluding hydrogens is 482 g/mol. The zero-order chi connectivity index (χ0) is 26.7. The summed E-state index contributed by atoms with van der Waals surface area (Å²) in [5.41, 5.74) is -0.00698. The lowest BCUT2D eigenvalue weighted by atomic mass is 9.89. The van der Waals surface area contributed by atoms with Gasteiger partial charge in [0, 0.05) is 19.5 Å². The lowest BCUT2D eigenvalue weighted by Gasteiger charge is -2.43. The van der Waals surface area contributed by atoms with Crippen molar-refractivity contribution < 1.29 is 29.0 Å². The minimum absolute atomic E-state index is 0.202. The molecule has 9 nitrogen and oxygen atoms in total. The van der Waals surface area contributed by atoms with Gasteiger partial charge in [-0.25, -0.2) is 9.59 Å². The maximum atomic E-state index is 14.1. The maximum absolute atomic E-state index is 14.1. The monoisotopic (exact) mass is 519 g/mol. The summed E-state index contributed by atoms with van der Waals surface area (Å²) in [7, 11) is 0. The molecule has 0 bridgehead atoms. The van der Waals surface area contributed by atoms with Gasteiger partial charge in [-0.15, -0.1) is 0 Å². The summed E-state index contributed by atoms with van der Waals surface area (Å²) < 4.78 is 5.57. The topological polar surface area (TPSA) is 116 Å². The quantitative estimate of drug-likeness (QED) is 0.569. The van der Waals surface area contributed by atoms with Crippen molar-refractivity contribution in [3.05, 3.63) is 35.4 Å². The number of carboxylic acid groups (broad SMARTS) is 1. The number of fused-ring (bicyclic) bond motifs is 1. The molecule has 36 heavy (non-hydrogen) atoms. The Hall–Kier alpha value is -2.75. The van der Waals surface area contributed by atoms with Crippen LogP contribution in [-0.2, 0) is 32.1 Å². The third kappa shape index (κ3) is 6.14. The molecule has 0 spiro atoms. The standard InChI is InChI=1S/C26H37N3O6S/c1-25(2,3)35-24(34)29-13-8-12-26(29,4)23(33)28-16-18-10-7-6-9-17(18)15-20(28)21(30)27-19(22(31)32)11-14-36-5/h6-7,9-10,19-20H,8,11-16H2,1-5H3,(H,27,30)(H,31,32). The van der Waals surface area contributed by atoms with Crippen molar-refractivity contribution in [2.45, 2.75) is 83.1 Å². The molecule has 3 unspecified atom stereocenters. The van der Waals surface area contributed by atoms with E-state index in [1.165, 1.54) is 21.6 Å². The highest BCUT2D eigenvalue weighted by Crippen LogP contribution is 2.35. The maximum Gasteiger partial charge on any atom is 0.411 e. The summed E-state index contributed by atoms with van der Waals surface area (Å²) in [5.74, 6) is -1.37. The van der Waals surface area contributed by atoms with Gasteiger partial charge in [0.25, 0.3) is 0 Å². The molecule has 0 saturated carbocycles. The Labute approximate surface area is 216 Å². The van der Waals surface area contributed by atoms with Gasteiger partial charge in [0.05, 0.1) is 0 Å². The van der Waals surface area contributed by atoms with Crippen LogP contribution in [0.15, 0.2) is 24.3 Å². The normalized spacial score (nSPS) is 22.5. The summed E-state index contributed by atoms with van der Waals surface area (Å²) in [6, 6.07) is 5.68. The first-order chi connectivity index (χ1) is 16.9. The van der Waals surface area contributed by atoms with E-state index in [9.17, 15) is 24.3 Å². The molecule has 1 fully saturated rings. The highest BCUT2D eigenvalue weighted by Gasteiger charge is 2.51. The van der Waals surface area contributed by atoms with Crippen molar-refractivity contribution in [2.75, 3.05) is 18.6 Å². The molecule has 10 heteroatoms. The van der Waals surface area contributed by atoms with E-state index in [0.29, 0.717) is 25.1 Å². The second kappa shape index (κ2) is 11.1. The fraction of sp³-hybridized carbons (Fsp3) is 0.615. The molecule has 2 heterocycles. The number of carboxylic acids is 1. The summed E-state index contributed by atoms with van der Waals surface area (Å²) >= 11 is 1.50. The fourth-order valence-electron chi connectivity index (χ4n) is 4.84. The van der Waals surface area contributed by atoms with Gasteiger partial charge in [0.2, 0.25) is 11.8 Å². The lowest BCUT2D eigenvalue weighted by molar-refractivity contribution is -0.151. The highest BCUT2D eigenvalue weighted by molar-refractivity contribution is 7.98. The SMILES string of the molecule is CSCCC(NC(=O)C1Cc2ccccc2CN1C(=O)C1(C)CCCN1C(=O)OC(C)(C)C)C(=O)O. The lowest BCUT2D eigenvalue weighted by Crippen LogP contribution is -2.63. The smallest absolute Gasteiger partial charge is 0.411 e. The minimum Gasteiger partial charge on any atom is -0.480 e. The van der Waals surface area contributed by atoms with Crippen molar-refractivity contribution in [1.29, 1.82) is 0 Å². The van der Waals surface area contributed by atoms with Crippen LogP contribution < -0.4 is 5.32 Å². The number of rotatable bonds is 7. The number of amides is 3. The Morgan fingerprint density at radius 3 is 2.50 bits per heavy atom.